The molecule has 1 N–H and O–H groups in total. The van der Waals surface area contributed by atoms with Crippen molar-refractivity contribution in [2.24, 2.45) is 0 Å². The van der Waals surface area contributed by atoms with Gasteiger partial charge in [0.2, 0.25) is 0 Å². The number of rotatable bonds is 2. The van der Waals surface area contributed by atoms with Crippen molar-refractivity contribution in [3.8, 4) is 0 Å². The van der Waals surface area contributed by atoms with Gasteiger partial charge in [-0.1, -0.05) is 12.1 Å². The Hall–Kier alpha value is -0.470. The molecule has 0 saturated carbocycles. The van der Waals surface area contributed by atoms with E-state index in [0.29, 0.717) is 6.07 Å². The average Bonchev–Trinajstić information content (AvgIpc) is 2.60. The molecule has 13 heteroatoms. The molecule has 3 rings (SSSR count). The van der Waals surface area contributed by atoms with Gasteiger partial charge in [-0.3, -0.25) is 4.72 Å². The predicted octanol–water partition coefficient (Wildman–Crippen LogP) is -0.619. The second kappa shape index (κ2) is 5.52. The quantitative estimate of drug-likeness (QED) is 0.513. The Balaban J connectivity index is 0.00000192. The third-order valence-corrected chi connectivity index (χ3v) is 6.24. The molecule has 9 nitrogen and oxygen atoms in total. The summed E-state index contributed by atoms with van der Waals surface area (Å²) in [6, 6.07) is 3.83. The van der Waals surface area contributed by atoms with Gasteiger partial charge in [-0.2, -0.15) is 0 Å². The van der Waals surface area contributed by atoms with Crippen LogP contribution in [0, 0.1) is 0 Å². The van der Waals surface area contributed by atoms with Crippen molar-refractivity contribution in [3.05, 3.63) is 24.3 Å². The van der Waals surface area contributed by atoms with Gasteiger partial charge in [0.1, 0.15) is 20.2 Å². The van der Waals surface area contributed by atoms with Crippen molar-refractivity contribution in [2.75, 3.05) is 4.72 Å². The zero-order valence-corrected chi connectivity index (χ0v) is 15.7. The van der Waals surface area contributed by atoms with Crippen LogP contribution in [0.4, 0.5) is 5.69 Å². The summed E-state index contributed by atoms with van der Waals surface area (Å²) in [7, 11) is -14.5. The molecule has 0 amide bonds. The summed E-state index contributed by atoms with van der Waals surface area (Å²) >= 11 is 0. The van der Waals surface area contributed by atoms with Crippen molar-refractivity contribution in [1.29, 1.82) is 0 Å². The fourth-order valence-electron chi connectivity index (χ4n) is 2.31. The summed E-state index contributed by atoms with van der Waals surface area (Å²) in [5.41, 5.74) is -0.548. The van der Waals surface area contributed by atoms with Crippen molar-refractivity contribution in [2.45, 2.75) is 14.7 Å². The molecule has 118 valence electrons. The van der Waals surface area contributed by atoms with Gasteiger partial charge in [0.25, 0.3) is 10.0 Å². The van der Waals surface area contributed by atoms with Crippen molar-refractivity contribution < 1.29 is 34.4 Å². The minimum atomic E-state index is -5.22. The van der Waals surface area contributed by atoms with Crippen LogP contribution in [0.5, 0.6) is 0 Å². The van der Waals surface area contributed by atoms with Gasteiger partial charge in [-0.05, 0) is 12.1 Å². The van der Waals surface area contributed by atoms with Crippen LogP contribution in [0.3, 0.4) is 0 Å². The molecule has 0 aliphatic carbocycles. The summed E-state index contributed by atoms with van der Waals surface area (Å²) in [4.78, 5) is -2.49. The van der Waals surface area contributed by atoms with Gasteiger partial charge in [-0.15, -0.1) is 0 Å². The van der Waals surface area contributed by atoms with Crippen molar-refractivity contribution in [1.82, 2.24) is 0 Å². The molecule has 2 aromatic rings. The number of benzene rings is 2. The maximum absolute atomic E-state index is 11.9. The molecule has 0 unspecified atom stereocenters. The molecule has 0 atom stereocenters. The van der Waals surface area contributed by atoms with Gasteiger partial charge in [0.05, 0.1) is 20.4 Å². The standard InChI is InChI=1S/C10H7NO8S3.Ca/c12-20(13)6-3-1-2-5-7(21(14,15)16)4-8(22(17,18)19)10(11-20)9(5)6;/h1-4,11H,(H,14,15,16)(H,17,18,19);/q;+2/p-2. The number of nitrogens with one attached hydrogen (secondary N) is 1. The number of hydrogen-bond donors (Lipinski definition) is 1. The smallest absolute Gasteiger partial charge is 0.744 e. The van der Waals surface area contributed by atoms with E-state index in [1.165, 1.54) is 6.07 Å². The monoisotopic (exact) mass is 403 g/mol. The van der Waals surface area contributed by atoms with Crippen molar-refractivity contribution >= 4 is 84.5 Å². The zero-order chi connectivity index (χ0) is 16.5. The minimum Gasteiger partial charge on any atom is -0.744 e. The Morgan fingerprint density at radius 1 is 0.957 bits per heavy atom. The Bertz CT molecular complexity index is 1150. The first-order chi connectivity index (χ1) is 9.93. The van der Waals surface area contributed by atoms with Crippen LogP contribution in [-0.4, -0.2) is 72.1 Å². The van der Waals surface area contributed by atoms with E-state index >= 15 is 0 Å². The molecule has 0 bridgehead atoms. The Morgan fingerprint density at radius 2 is 1.52 bits per heavy atom. The zero-order valence-electron chi connectivity index (χ0n) is 11.0. The third kappa shape index (κ3) is 2.98. The molecular weight excluding hydrogens is 398 g/mol. The van der Waals surface area contributed by atoms with E-state index in [9.17, 15) is 34.4 Å². The first-order valence-electron chi connectivity index (χ1n) is 5.47. The Morgan fingerprint density at radius 3 is 2.04 bits per heavy atom. The SMILES string of the molecule is O=S(=O)([O-])c1cc(S(=O)(=O)[O-])c2cccc3c2c1NS3(=O)=O.[Ca+2]. The normalized spacial score (nSPS) is 15.9. The number of sulfonamides is 1. The molecule has 0 fully saturated rings. The molecule has 1 heterocycles. The molecule has 0 spiro atoms. The average molecular weight is 403 g/mol. The van der Waals surface area contributed by atoms with E-state index in [4.69, 9.17) is 0 Å². The molecule has 1 aliphatic heterocycles. The predicted molar refractivity (Wildman–Crippen MR) is 76.4 cm³/mol. The number of hydrogen-bond acceptors (Lipinski definition) is 8. The van der Waals surface area contributed by atoms with Crippen LogP contribution in [0.15, 0.2) is 39.0 Å². The van der Waals surface area contributed by atoms with Crippen LogP contribution >= 0.6 is 0 Å². The fraction of sp³-hybridized carbons (Fsp3) is 0. The summed E-state index contributed by atoms with van der Waals surface area (Å²) in [5, 5.41) is -0.586. The molecule has 2 aromatic carbocycles. The van der Waals surface area contributed by atoms with Crippen LogP contribution in [0.2, 0.25) is 0 Å². The molecular formula is C10H5CaNO8S3. The van der Waals surface area contributed by atoms with E-state index in [1.54, 1.807) is 0 Å². The third-order valence-electron chi connectivity index (χ3n) is 3.11. The van der Waals surface area contributed by atoms with E-state index < -0.39 is 50.6 Å². The van der Waals surface area contributed by atoms with E-state index in [2.05, 4.69) is 0 Å². The summed E-state index contributed by atoms with van der Waals surface area (Å²) in [6.45, 7) is 0. The first-order valence-corrected chi connectivity index (χ1v) is 9.77. The molecule has 23 heavy (non-hydrogen) atoms. The maximum atomic E-state index is 11.9. The van der Waals surface area contributed by atoms with Crippen LogP contribution in [-0.2, 0) is 30.3 Å². The van der Waals surface area contributed by atoms with Gasteiger partial charge < -0.3 is 9.11 Å². The van der Waals surface area contributed by atoms with E-state index in [-0.39, 0.29) is 48.5 Å². The summed E-state index contributed by atoms with van der Waals surface area (Å²) in [6.07, 6.45) is 0. The van der Waals surface area contributed by atoms with Gasteiger partial charge in [0, 0.05) is 10.8 Å². The molecule has 0 radical (unpaired) electrons. The maximum Gasteiger partial charge on any atom is 2.00 e. The van der Waals surface area contributed by atoms with Crippen LogP contribution < -0.4 is 4.72 Å². The van der Waals surface area contributed by atoms with E-state index in [0.717, 1.165) is 12.1 Å². The van der Waals surface area contributed by atoms with E-state index in [1.807, 2.05) is 4.72 Å². The topological polar surface area (TPSA) is 161 Å². The Kier molecular flexibility index (Phi) is 4.53. The van der Waals surface area contributed by atoms with Crippen LogP contribution in [0.1, 0.15) is 0 Å². The minimum absolute atomic E-state index is 0. The van der Waals surface area contributed by atoms with Gasteiger partial charge in [-0.25, -0.2) is 25.3 Å². The van der Waals surface area contributed by atoms with Crippen molar-refractivity contribution in [3.63, 3.8) is 0 Å². The fourth-order valence-corrected chi connectivity index (χ4v) is 5.14. The Labute approximate surface area is 161 Å². The number of anilines is 1. The molecule has 1 aliphatic rings. The van der Waals surface area contributed by atoms with Gasteiger partial charge in [0.15, 0.2) is 0 Å². The summed E-state index contributed by atoms with van der Waals surface area (Å²) in [5.74, 6) is 0. The van der Waals surface area contributed by atoms with Gasteiger partial charge >= 0.3 is 37.7 Å². The second-order valence-electron chi connectivity index (χ2n) is 4.44. The largest absolute Gasteiger partial charge is 2.00 e. The molecule has 0 aromatic heterocycles. The molecule has 0 saturated heterocycles. The van der Waals surface area contributed by atoms with Crippen LogP contribution in [0.25, 0.3) is 10.8 Å². The first kappa shape index (κ1) is 18.9. The second-order valence-corrected chi connectivity index (χ2v) is 8.79. The summed E-state index contributed by atoms with van der Waals surface area (Å²) < 4.78 is 93.5.